The maximum absolute atomic E-state index is 13.1. The van der Waals surface area contributed by atoms with Crippen molar-refractivity contribution in [2.24, 2.45) is 0 Å². The number of aliphatic hydroxyl groups is 1. The van der Waals surface area contributed by atoms with Crippen LogP contribution in [-0.2, 0) is 22.6 Å². The molecule has 3 heterocycles. The third kappa shape index (κ3) is 3.43. The lowest BCUT2D eigenvalue weighted by Crippen LogP contribution is -2.29. The number of Topliss-reactive ketones (excluding diaryl/α,β-unsaturated/α-hetero) is 1. The van der Waals surface area contributed by atoms with Crippen molar-refractivity contribution in [2.75, 3.05) is 0 Å². The van der Waals surface area contributed by atoms with Gasteiger partial charge in [-0.15, -0.1) is 0 Å². The molecule has 5 rings (SSSR count). The summed E-state index contributed by atoms with van der Waals surface area (Å²) in [6.07, 6.45) is 4.03. The fourth-order valence-electron chi connectivity index (χ4n) is 4.44. The van der Waals surface area contributed by atoms with Crippen molar-refractivity contribution < 1.29 is 19.4 Å². The quantitative estimate of drug-likeness (QED) is 0.387. The summed E-state index contributed by atoms with van der Waals surface area (Å²) in [5.74, 6) is -0.715. The zero-order valence-electron chi connectivity index (χ0n) is 17.6. The molecule has 0 saturated carbocycles. The van der Waals surface area contributed by atoms with E-state index in [4.69, 9.17) is 4.74 Å². The number of nitrogens with zero attached hydrogens (tertiary/aromatic N) is 2. The predicted octanol–water partition coefficient (Wildman–Crippen LogP) is 4.03. The highest BCUT2D eigenvalue weighted by Crippen LogP contribution is 2.41. The Hall–Kier alpha value is -3.93. The number of pyridine rings is 1. The Morgan fingerprint density at radius 2 is 1.84 bits per heavy atom. The molecular formula is C26H22N2O4. The van der Waals surface area contributed by atoms with Gasteiger partial charge in [0.25, 0.3) is 11.7 Å². The van der Waals surface area contributed by atoms with Crippen molar-refractivity contribution in [2.45, 2.75) is 32.0 Å². The first-order valence-corrected chi connectivity index (χ1v) is 10.5. The van der Waals surface area contributed by atoms with Gasteiger partial charge in [0.05, 0.1) is 11.6 Å². The molecule has 0 aliphatic carbocycles. The monoisotopic (exact) mass is 426 g/mol. The Morgan fingerprint density at radius 3 is 2.59 bits per heavy atom. The van der Waals surface area contributed by atoms with Crippen LogP contribution in [0.1, 0.15) is 35.2 Å². The molecule has 6 heteroatoms. The molecule has 2 aliphatic heterocycles. The number of ether oxygens (including phenoxy) is 1. The van der Waals surface area contributed by atoms with Gasteiger partial charge >= 0.3 is 0 Å². The molecular weight excluding hydrogens is 404 g/mol. The van der Waals surface area contributed by atoms with Crippen LogP contribution >= 0.6 is 0 Å². The number of likely N-dealkylation sites (tertiary alicyclic amines) is 1. The second kappa shape index (κ2) is 7.96. The molecule has 3 aromatic rings. The number of rotatable bonds is 4. The van der Waals surface area contributed by atoms with Gasteiger partial charge in [0.1, 0.15) is 17.6 Å². The van der Waals surface area contributed by atoms with E-state index in [0.29, 0.717) is 5.56 Å². The Morgan fingerprint density at radius 1 is 1.09 bits per heavy atom. The fourth-order valence-corrected chi connectivity index (χ4v) is 4.44. The topological polar surface area (TPSA) is 79.7 Å². The van der Waals surface area contributed by atoms with Crippen LogP contribution in [0, 0.1) is 0 Å². The number of hydrogen-bond acceptors (Lipinski definition) is 5. The van der Waals surface area contributed by atoms with Crippen LogP contribution < -0.4 is 4.74 Å². The highest BCUT2D eigenvalue weighted by molar-refractivity contribution is 6.46. The minimum Gasteiger partial charge on any atom is -0.507 e. The Balaban J connectivity index is 1.62. The number of benzene rings is 2. The Kier molecular flexibility index (Phi) is 4.98. The van der Waals surface area contributed by atoms with E-state index in [1.807, 2.05) is 43.3 Å². The third-order valence-corrected chi connectivity index (χ3v) is 5.93. The number of carbonyl (C=O) groups is 2. The van der Waals surface area contributed by atoms with Gasteiger partial charge in [0.2, 0.25) is 0 Å². The van der Waals surface area contributed by atoms with Crippen LogP contribution in [0.15, 0.2) is 78.6 Å². The van der Waals surface area contributed by atoms with Gasteiger partial charge in [-0.05, 0) is 53.9 Å². The van der Waals surface area contributed by atoms with Gasteiger partial charge in [-0.25, -0.2) is 0 Å². The molecule has 1 N–H and O–H groups in total. The molecule has 1 amide bonds. The molecule has 0 spiro atoms. The van der Waals surface area contributed by atoms with E-state index in [1.54, 1.807) is 36.7 Å². The van der Waals surface area contributed by atoms with E-state index in [-0.39, 0.29) is 24.0 Å². The summed E-state index contributed by atoms with van der Waals surface area (Å²) in [4.78, 5) is 31.8. The first-order chi connectivity index (χ1) is 15.5. The smallest absolute Gasteiger partial charge is 0.295 e. The van der Waals surface area contributed by atoms with Gasteiger partial charge < -0.3 is 14.7 Å². The standard InChI is InChI=1S/C26H22N2O4/c1-16-13-20-14-19(7-8-21(20)32-16)24(29)22-23(18-9-11-27-12-10-18)28(26(31)25(22)30)15-17-5-3-2-4-6-17/h2-12,14,16,23,29H,13,15H2,1H3/b24-22+/t16-,23-/m0/s1. The summed E-state index contributed by atoms with van der Waals surface area (Å²) in [6, 6.07) is 17.7. The highest BCUT2D eigenvalue weighted by Gasteiger charge is 2.46. The maximum Gasteiger partial charge on any atom is 0.295 e. The molecule has 160 valence electrons. The van der Waals surface area contributed by atoms with Crippen LogP contribution in [0.5, 0.6) is 5.75 Å². The second-order valence-electron chi connectivity index (χ2n) is 8.15. The molecule has 1 aromatic heterocycles. The number of aromatic nitrogens is 1. The van der Waals surface area contributed by atoms with Gasteiger partial charge in [0, 0.05) is 30.9 Å². The summed E-state index contributed by atoms with van der Waals surface area (Å²) in [5.41, 5.74) is 3.18. The predicted molar refractivity (Wildman–Crippen MR) is 119 cm³/mol. The number of carbonyl (C=O) groups excluding carboxylic acids is 2. The van der Waals surface area contributed by atoms with E-state index in [2.05, 4.69) is 4.98 Å². The molecule has 6 nitrogen and oxygen atoms in total. The van der Waals surface area contributed by atoms with Crippen LogP contribution in [0.4, 0.5) is 0 Å². The summed E-state index contributed by atoms with van der Waals surface area (Å²) in [6.45, 7) is 2.24. The fraction of sp³-hybridized carbons (Fsp3) is 0.192. The molecule has 1 fully saturated rings. The van der Waals surface area contributed by atoms with E-state index < -0.39 is 17.7 Å². The van der Waals surface area contributed by atoms with E-state index >= 15 is 0 Å². The zero-order valence-corrected chi connectivity index (χ0v) is 17.6. The average molecular weight is 426 g/mol. The molecule has 0 radical (unpaired) electrons. The van der Waals surface area contributed by atoms with Crippen molar-refractivity contribution in [1.82, 2.24) is 9.88 Å². The molecule has 2 atom stereocenters. The Bertz CT molecular complexity index is 1220. The minimum atomic E-state index is -0.707. The summed E-state index contributed by atoms with van der Waals surface area (Å²) < 4.78 is 5.75. The lowest BCUT2D eigenvalue weighted by atomic mass is 9.95. The largest absolute Gasteiger partial charge is 0.507 e. The number of fused-ring (bicyclic) bond motifs is 1. The van der Waals surface area contributed by atoms with Crippen molar-refractivity contribution in [3.8, 4) is 5.75 Å². The first kappa shape index (κ1) is 20.0. The summed E-state index contributed by atoms with van der Waals surface area (Å²) in [7, 11) is 0. The SMILES string of the molecule is C[C@H]1Cc2cc(/C(O)=C3\C(=O)C(=O)N(Cc4ccccc4)[C@H]3c3ccncc3)ccc2O1. The first-order valence-electron chi connectivity index (χ1n) is 10.5. The number of amides is 1. The lowest BCUT2D eigenvalue weighted by molar-refractivity contribution is -0.140. The van der Waals surface area contributed by atoms with Crippen molar-refractivity contribution in [3.63, 3.8) is 0 Å². The molecule has 2 aromatic carbocycles. The van der Waals surface area contributed by atoms with Crippen molar-refractivity contribution in [1.29, 1.82) is 0 Å². The number of aliphatic hydroxyl groups excluding tert-OH is 1. The lowest BCUT2D eigenvalue weighted by Gasteiger charge is -2.25. The Labute approximate surface area is 185 Å². The van der Waals surface area contributed by atoms with E-state index in [1.165, 1.54) is 4.90 Å². The van der Waals surface area contributed by atoms with Crippen LogP contribution in [-0.4, -0.2) is 32.8 Å². The highest BCUT2D eigenvalue weighted by atomic mass is 16.5. The normalized spacial score (nSPS) is 21.5. The van der Waals surface area contributed by atoms with E-state index in [9.17, 15) is 14.7 Å². The van der Waals surface area contributed by atoms with Gasteiger partial charge in [-0.2, -0.15) is 0 Å². The number of ketones is 1. The van der Waals surface area contributed by atoms with Crippen LogP contribution in [0.3, 0.4) is 0 Å². The van der Waals surface area contributed by atoms with Gasteiger partial charge in [-0.1, -0.05) is 30.3 Å². The van der Waals surface area contributed by atoms with Crippen LogP contribution in [0.2, 0.25) is 0 Å². The van der Waals surface area contributed by atoms with Gasteiger partial charge in [-0.3, -0.25) is 14.6 Å². The minimum absolute atomic E-state index is 0.0654. The number of hydrogen-bond donors (Lipinski definition) is 1. The maximum atomic E-state index is 13.1. The third-order valence-electron chi connectivity index (χ3n) is 5.93. The zero-order chi connectivity index (χ0) is 22.2. The van der Waals surface area contributed by atoms with Crippen molar-refractivity contribution >= 4 is 17.4 Å². The molecule has 2 aliphatic rings. The van der Waals surface area contributed by atoms with Crippen molar-refractivity contribution in [3.05, 3.63) is 101 Å². The molecule has 32 heavy (non-hydrogen) atoms. The summed E-state index contributed by atoms with van der Waals surface area (Å²) in [5, 5.41) is 11.2. The molecule has 0 bridgehead atoms. The molecule has 0 unspecified atom stereocenters. The van der Waals surface area contributed by atoms with E-state index in [0.717, 1.165) is 28.9 Å². The van der Waals surface area contributed by atoms with Gasteiger partial charge in [0.15, 0.2) is 0 Å². The second-order valence-corrected chi connectivity index (χ2v) is 8.15. The average Bonchev–Trinajstić information content (AvgIpc) is 3.31. The molecule has 1 saturated heterocycles. The van der Waals surface area contributed by atoms with Crippen LogP contribution in [0.25, 0.3) is 5.76 Å². The summed E-state index contributed by atoms with van der Waals surface area (Å²) >= 11 is 0.